The van der Waals surface area contributed by atoms with Gasteiger partial charge < -0.3 is 42.3 Å². The molecule has 0 spiro atoms. The summed E-state index contributed by atoms with van der Waals surface area (Å²) in [5.41, 5.74) is 27.6. The predicted octanol–water partition coefficient (Wildman–Crippen LogP) is 11.5. The third-order valence-electron chi connectivity index (χ3n) is 11.6. The molecule has 0 saturated heterocycles. The van der Waals surface area contributed by atoms with Gasteiger partial charge in [-0.05, 0) is 77.4 Å². The molecular weight excluding hydrogens is 1040 g/mol. The molecule has 9 N–H and O–H groups in total. The number of hydrogen-bond acceptors (Lipinski definition) is 13. The zero-order chi connectivity index (χ0) is 56.3. The van der Waals surface area contributed by atoms with E-state index in [1.54, 1.807) is 67.6 Å². The smallest absolute Gasteiger partial charge is 0.429 e. The lowest BCUT2D eigenvalue weighted by Gasteiger charge is -2.22. The Labute approximate surface area is 448 Å². The Morgan fingerprint density at radius 2 is 0.886 bits per heavy atom. The standard InChI is InChI=1S/C29H26F4N4O3.C27H22F4N4O3.CH4/c1-2-39-27(38)23(34)14-17-6-8-19(9-7-17)24-16-25(37-28(35)36-24)40-26(29(31,32)33)20-12-10-18(11-13-20)21-4-3-5-22(30)15-21;28-20-3-1-2-19(13-20)16-8-10-18(11-9-16)24(27(29,30)31)38-23-14-22(34-26(33)35-23)17-6-4-15(5-7-17)12-21(32)25(36)37;/h3-13,15-16,23,26H,2,14,34H2,1H3,(H2,35,36,37);1-11,13-14,21,24H,12,32H2,(H,36,37)(H2,33,34,35);1H4/t23-,26?;21-,24?;/m00./s1. The van der Waals surface area contributed by atoms with Crippen LogP contribution in [-0.4, -0.2) is 68.0 Å². The molecule has 0 amide bonds. The number of aromatic nitrogens is 4. The molecule has 79 heavy (non-hydrogen) atoms. The first-order chi connectivity index (χ1) is 37.0. The highest BCUT2D eigenvalue weighted by atomic mass is 19.4. The van der Waals surface area contributed by atoms with E-state index in [0.29, 0.717) is 38.9 Å². The summed E-state index contributed by atoms with van der Waals surface area (Å²) >= 11 is 0. The summed E-state index contributed by atoms with van der Waals surface area (Å²) in [5.74, 6) is -3.89. The first kappa shape index (κ1) is 59.2. The van der Waals surface area contributed by atoms with Gasteiger partial charge in [-0.15, -0.1) is 0 Å². The van der Waals surface area contributed by atoms with Gasteiger partial charge >= 0.3 is 24.3 Å². The average Bonchev–Trinajstić information content (AvgIpc) is 3.43. The van der Waals surface area contributed by atoms with Gasteiger partial charge in [-0.1, -0.05) is 129 Å². The summed E-state index contributed by atoms with van der Waals surface area (Å²) in [7, 11) is 0. The van der Waals surface area contributed by atoms with Gasteiger partial charge in [-0.2, -0.15) is 36.3 Å². The van der Waals surface area contributed by atoms with Crippen molar-refractivity contribution >= 4 is 23.8 Å². The Morgan fingerprint density at radius 1 is 0.519 bits per heavy atom. The summed E-state index contributed by atoms with van der Waals surface area (Å²) in [6.45, 7) is 1.91. The summed E-state index contributed by atoms with van der Waals surface area (Å²) < 4.78 is 127. The molecule has 4 atom stereocenters. The van der Waals surface area contributed by atoms with E-state index < -0.39 is 60.2 Å². The van der Waals surface area contributed by atoms with E-state index in [2.05, 4.69) is 19.9 Å². The molecule has 8 rings (SSSR count). The van der Waals surface area contributed by atoms with Crippen LogP contribution in [0.4, 0.5) is 47.0 Å². The second kappa shape index (κ2) is 25.9. The monoisotopic (exact) mass is 1100 g/mol. The SMILES string of the molecule is C.CCOC(=O)[C@@H](N)Cc1ccc(-c2cc(OC(c3ccc(-c4cccc(F)c4)cc3)C(F)(F)F)nc(N)n2)cc1.Nc1nc(OC(c2ccc(-c3cccc(F)c3)cc2)C(F)(F)F)cc(-c2ccc(C[C@H](N)C(=O)O)cc2)n1. The van der Waals surface area contributed by atoms with Crippen molar-refractivity contribution in [3.8, 4) is 56.5 Å². The van der Waals surface area contributed by atoms with Crippen molar-refractivity contribution in [1.82, 2.24) is 19.9 Å². The number of anilines is 2. The first-order valence-electron chi connectivity index (χ1n) is 23.6. The highest BCUT2D eigenvalue weighted by Gasteiger charge is 2.44. The van der Waals surface area contributed by atoms with Crippen LogP contribution in [0.5, 0.6) is 11.8 Å². The fourth-order valence-electron chi connectivity index (χ4n) is 7.78. The molecule has 0 aliphatic rings. The lowest BCUT2D eigenvalue weighted by molar-refractivity contribution is -0.199. The molecule has 2 unspecified atom stereocenters. The number of halogens is 8. The van der Waals surface area contributed by atoms with E-state index in [9.17, 15) is 44.7 Å². The number of carbonyl (C=O) groups excluding carboxylic acids is 1. The lowest BCUT2D eigenvalue weighted by Crippen LogP contribution is -2.34. The number of aliphatic carboxylic acids is 1. The Kier molecular flexibility index (Phi) is 19.4. The summed E-state index contributed by atoms with van der Waals surface area (Å²) in [6, 6.07) is 36.2. The van der Waals surface area contributed by atoms with Crippen LogP contribution in [0.15, 0.2) is 158 Å². The molecule has 412 valence electrons. The quantitative estimate of drug-likeness (QED) is 0.0421. The van der Waals surface area contributed by atoms with Gasteiger partial charge in [0.25, 0.3) is 0 Å². The fourth-order valence-corrected chi connectivity index (χ4v) is 7.78. The molecule has 2 heterocycles. The van der Waals surface area contributed by atoms with Crippen LogP contribution in [0.25, 0.3) is 44.8 Å². The van der Waals surface area contributed by atoms with Crippen molar-refractivity contribution in [3.05, 3.63) is 192 Å². The number of hydrogen-bond donors (Lipinski definition) is 5. The Bertz CT molecular complexity index is 3330. The normalized spacial score (nSPS) is 12.8. The highest BCUT2D eigenvalue weighted by molar-refractivity contribution is 5.76. The van der Waals surface area contributed by atoms with Crippen LogP contribution in [0.1, 0.15) is 48.8 Å². The molecule has 6 aromatic carbocycles. The van der Waals surface area contributed by atoms with Gasteiger partial charge in [0.1, 0.15) is 23.7 Å². The highest BCUT2D eigenvalue weighted by Crippen LogP contribution is 2.40. The van der Waals surface area contributed by atoms with E-state index in [1.807, 2.05) is 0 Å². The molecule has 0 saturated carbocycles. The number of carboxylic acids is 1. The summed E-state index contributed by atoms with van der Waals surface area (Å²) in [5, 5.41) is 8.96. The molecule has 0 bridgehead atoms. The third kappa shape index (κ3) is 16.3. The molecular formula is C57H52F8N8O6. The topological polar surface area (TPSA) is 238 Å². The number of carboxylic acid groups (broad SMARTS) is 1. The summed E-state index contributed by atoms with van der Waals surface area (Å²) in [6.07, 6.45) is -13.9. The van der Waals surface area contributed by atoms with Crippen molar-refractivity contribution in [2.24, 2.45) is 11.5 Å². The van der Waals surface area contributed by atoms with Crippen LogP contribution in [0.2, 0.25) is 0 Å². The number of nitrogen functional groups attached to an aromatic ring is 2. The van der Waals surface area contributed by atoms with E-state index in [4.69, 9.17) is 42.3 Å². The zero-order valence-electron chi connectivity index (χ0n) is 41.1. The van der Waals surface area contributed by atoms with E-state index in [1.165, 1.54) is 97.1 Å². The lowest BCUT2D eigenvalue weighted by atomic mass is 10.0. The number of carbonyl (C=O) groups is 2. The number of nitrogens with zero attached hydrogens (tertiary/aromatic N) is 4. The molecule has 14 nitrogen and oxygen atoms in total. The van der Waals surface area contributed by atoms with Crippen LogP contribution in [-0.2, 0) is 27.2 Å². The number of esters is 1. The molecule has 0 fully saturated rings. The third-order valence-corrected chi connectivity index (χ3v) is 11.6. The van der Waals surface area contributed by atoms with Crippen molar-refractivity contribution in [3.63, 3.8) is 0 Å². The molecule has 0 aliphatic heterocycles. The van der Waals surface area contributed by atoms with Gasteiger partial charge in [0.2, 0.25) is 35.9 Å². The van der Waals surface area contributed by atoms with Gasteiger partial charge in [0.05, 0.1) is 18.0 Å². The molecule has 8 aromatic rings. The zero-order valence-corrected chi connectivity index (χ0v) is 41.1. The van der Waals surface area contributed by atoms with E-state index >= 15 is 0 Å². The minimum atomic E-state index is -4.79. The molecule has 0 aliphatic carbocycles. The Balaban J connectivity index is 0.000000252. The van der Waals surface area contributed by atoms with Crippen LogP contribution in [0, 0.1) is 11.6 Å². The second-order valence-corrected chi connectivity index (χ2v) is 17.3. The number of ether oxygens (including phenoxy) is 3. The van der Waals surface area contributed by atoms with Gasteiger partial charge in [-0.25, -0.2) is 18.7 Å². The van der Waals surface area contributed by atoms with Crippen LogP contribution in [0.3, 0.4) is 0 Å². The maximum Gasteiger partial charge on any atom is 0.429 e. The minimum absolute atomic E-state index is 0. The Hall–Kier alpha value is -9.02. The average molecular weight is 1100 g/mol. The summed E-state index contributed by atoms with van der Waals surface area (Å²) in [4.78, 5) is 38.6. The number of nitrogens with two attached hydrogens (primary N) is 4. The van der Waals surface area contributed by atoms with Gasteiger partial charge in [0, 0.05) is 34.4 Å². The predicted molar refractivity (Wildman–Crippen MR) is 281 cm³/mol. The fraction of sp³-hybridized carbons (Fsp3) is 0.193. The second-order valence-electron chi connectivity index (χ2n) is 17.3. The van der Waals surface area contributed by atoms with E-state index in [-0.39, 0.29) is 73.0 Å². The van der Waals surface area contributed by atoms with E-state index in [0.717, 1.165) is 5.56 Å². The number of alkyl halides is 6. The maximum absolute atomic E-state index is 14.1. The van der Waals surface area contributed by atoms with Crippen molar-refractivity contribution in [2.75, 3.05) is 18.1 Å². The molecule has 0 radical (unpaired) electrons. The van der Waals surface area contributed by atoms with Crippen LogP contribution >= 0.6 is 0 Å². The number of benzene rings is 6. The molecule has 22 heteroatoms. The minimum Gasteiger partial charge on any atom is -0.480 e. The number of rotatable bonds is 17. The first-order valence-corrected chi connectivity index (χ1v) is 23.6. The molecule has 2 aromatic heterocycles. The Morgan fingerprint density at radius 3 is 1.23 bits per heavy atom. The van der Waals surface area contributed by atoms with Crippen molar-refractivity contribution in [1.29, 1.82) is 0 Å². The van der Waals surface area contributed by atoms with Crippen molar-refractivity contribution < 1.29 is 64.0 Å². The van der Waals surface area contributed by atoms with Gasteiger partial charge in [-0.3, -0.25) is 9.59 Å². The maximum atomic E-state index is 14.1. The van der Waals surface area contributed by atoms with Crippen LogP contribution < -0.4 is 32.4 Å². The largest absolute Gasteiger partial charge is 0.480 e. The van der Waals surface area contributed by atoms with Crippen molar-refractivity contribution in [2.45, 2.75) is 63.8 Å². The van der Waals surface area contributed by atoms with Gasteiger partial charge in [0.15, 0.2) is 0 Å².